The largest absolute Gasteiger partial charge is 0.361 e. The molecule has 0 spiro atoms. The van der Waals surface area contributed by atoms with Crippen LogP contribution >= 0.6 is 0 Å². The highest BCUT2D eigenvalue weighted by atomic mass is 16.6. The van der Waals surface area contributed by atoms with Crippen molar-refractivity contribution in [1.29, 1.82) is 0 Å². The van der Waals surface area contributed by atoms with E-state index in [4.69, 9.17) is 4.52 Å². The molecular weight excluding hydrogens is 250 g/mol. The molecule has 0 aliphatic heterocycles. The van der Waals surface area contributed by atoms with Crippen LogP contribution in [0.4, 0.5) is 5.69 Å². The summed E-state index contributed by atoms with van der Waals surface area (Å²) in [5.41, 5.74) is 1.42. The van der Waals surface area contributed by atoms with E-state index in [0.717, 1.165) is 5.56 Å². The first-order valence-electron chi connectivity index (χ1n) is 5.67. The minimum Gasteiger partial charge on any atom is -0.361 e. The molecule has 7 heteroatoms. The topological polar surface area (TPSA) is 91.2 Å². The lowest BCUT2D eigenvalue weighted by Crippen LogP contribution is -2.21. The van der Waals surface area contributed by atoms with Crippen LogP contribution in [0.15, 0.2) is 21.6 Å². The predicted octanol–water partition coefficient (Wildman–Crippen LogP) is 1.72. The summed E-state index contributed by atoms with van der Waals surface area (Å²) in [6, 6.07) is 1.26. The number of aromatic nitrogens is 2. The SMILES string of the molecule is Cc1cc(=O)n(Cc2c(C)noc2C)cc1[N+](=O)[O-]. The van der Waals surface area contributed by atoms with Gasteiger partial charge in [0.2, 0.25) is 0 Å². The van der Waals surface area contributed by atoms with E-state index in [1.807, 2.05) is 0 Å². The lowest BCUT2D eigenvalue weighted by atomic mass is 10.2. The fourth-order valence-corrected chi connectivity index (χ4v) is 1.87. The number of hydrogen-bond acceptors (Lipinski definition) is 5. The number of nitro groups is 1. The van der Waals surface area contributed by atoms with Gasteiger partial charge in [0.1, 0.15) is 5.76 Å². The van der Waals surface area contributed by atoms with Gasteiger partial charge in [-0.25, -0.2) is 0 Å². The third-order valence-corrected chi connectivity index (χ3v) is 3.01. The standard InChI is InChI=1S/C12H13N3O4/c1-7-4-12(16)14(6-11(7)15(17)18)5-10-8(2)13-19-9(10)3/h4,6H,5H2,1-3H3. The number of pyridine rings is 1. The van der Waals surface area contributed by atoms with E-state index in [9.17, 15) is 14.9 Å². The zero-order chi connectivity index (χ0) is 14.2. The van der Waals surface area contributed by atoms with Gasteiger partial charge < -0.3 is 9.09 Å². The summed E-state index contributed by atoms with van der Waals surface area (Å²) >= 11 is 0. The van der Waals surface area contributed by atoms with E-state index in [1.54, 1.807) is 20.8 Å². The molecule has 2 rings (SSSR count). The molecule has 2 aromatic heterocycles. The van der Waals surface area contributed by atoms with Crippen molar-refractivity contribution in [1.82, 2.24) is 9.72 Å². The first kappa shape index (κ1) is 13.0. The number of aryl methyl sites for hydroxylation is 3. The van der Waals surface area contributed by atoms with Crippen molar-refractivity contribution < 1.29 is 9.45 Å². The molecule has 0 aliphatic rings. The van der Waals surface area contributed by atoms with Crippen LogP contribution < -0.4 is 5.56 Å². The van der Waals surface area contributed by atoms with E-state index in [0.29, 0.717) is 17.0 Å². The van der Waals surface area contributed by atoms with Crippen molar-refractivity contribution in [3.05, 3.63) is 55.3 Å². The molecule has 0 saturated heterocycles. The minimum absolute atomic E-state index is 0.0774. The van der Waals surface area contributed by atoms with Gasteiger partial charge in [-0.15, -0.1) is 0 Å². The summed E-state index contributed by atoms with van der Waals surface area (Å²) < 4.78 is 6.30. The van der Waals surface area contributed by atoms with Crippen molar-refractivity contribution in [2.75, 3.05) is 0 Å². The molecule has 0 atom stereocenters. The summed E-state index contributed by atoms with van der Waals surface area (Å²) in [5, 5.41) is 14.7. The normalized spacial score (nSPS) is 10.7. The van der Waals surface area contributed by atoms with Crippen molar-refractivity contribution in [3.8, 4) is 0 Å². The third-order valence-electron chi connectivity index (χ3n) is 3.01. The van der Waals surface area contributed by atoms with Crippen LogP contribution in [0.1, 0.15) is 22.6 Å². The third kappa shape index (κ3) is 2.40. The first-order valence-corrected chi connectivity index (χ1v) is 5.67. The highest BCUT2D eigenvalue weighted by Crippen LogP contribution is 2.17. The van der Waals surface area contributed by atoms with Crippen molar-refractivity contribution in [2.24, 2.45) is 0 Å². The van der Waals surface area contributed by atoms with Crippen LogP contribution in [-0.2, 0) is 6.54 Å². The maximum atomic E-state index is 11.9. The molecule has 0 amide bonds. The molecule has 0 aromatic carbocycles. The van der Waals surface area contributed by atoms with E-state index in [-0.39, 0.29) is 17.8 Å². The maximum absolute atomic E-state index is 11.9. The Morgan fingerprint density at radius 3 is 2.63 bits per heavy atom. The molecule has 0 aliphatic carbocycles. The Morgan fingerprint density at radius 2 is 2.11 bits per heavy atom. The van der Waals surface area contributed by atoms with Crippen molar-refractivity contribution in [3.63, 3.8) is 0 Å². The molecule has 2 aromatic rings. The van der Waals surface area contributed by atoms with Gasteiger partial charge in [-0.1, -0.05) is 5.16 Å². The van der Waals surface area contributed by atoms with Gasteiger partial charge in [-0.2, -0.15) is 0 Å². The van der Waals surface area contributed by atoms with Gasteiger partial charge in [-0.3, -0.25) is 14.9 Å². The molecule has 7 nitrogen and oxygen atoms in total. The van der Waals surface area contributed by atoms with Crippen molar-refractivity contribution in [2.45, 2.75) is 27.3 Å². The van der Waals surface area contributed by atoms with Crippen LogP contribution in [0.3, 0.4) is 0 Å². The van der Waals surface area contributed by atoms with Gasteiger partial charge >= 0.3 is 0 Å². The molecule has 100 valence electrons. The maximum Gasteiger partial charge on any atom is 0.288 e. The van der Waals surface area contributed by atoms with Gasteiger partial charge in [0.25, 0.3) is 11.2 Å². The second-order valence-electron chi connectivity index (χ2n) is 4.37. The minimum atomic E-state index is -0.501. The molecule has 0 radical (unpaired) electrons. The average Bonchev–Trinajstić information content (AvgIpc) is 2.63. The fourth-order valence-electron chi connectivity index (χ4n) is 1.87. The predicted molar refractivity (Wildman–Crippen MR) is 67.2 cm³/mol. The van der Waals surface area contributed by atoms with E-state index >= 15 is 0 Å². The van der Waals surface area contributed by atoms with E-state index < -0.39 is 4.92 Å². The van der Waals surface area contributed by atoms with Crippen LogP contribution in [0, 0.1) is 30.9 Å². The summed E-state index contributed by atoms with van der Waals surface area (Å²) in [4.78, 5) is 22.2. The van der Waals surface area contributed by atoms with Crippen LogP contribution in [0.5, 0.6) is 0 Å². The molecule has 2 heterocycles. The molecule has 0 bridgehead atoms. The molecule has 0 fully saturated rings. The van der Waals surface area contributed by atoms with Crippen molar-refractivity contribution >= 4 is 5.69 Å². The van der Waals surface area contributed by atoms with Gasteiger partial charge in [0, 0.05) is 17.2 Å². The molecule has 0 unspecified atom stereocenters. The van der Waals surface area contributed by atoms with Gasteiger partial charge in [0.05, 0.1) is 23.4 Å². The monoisotopic (exact) mass is 263 g/mol. The molecule has 0 N–H and O–H groups in total. The van der Waals surface area contributed by atoms with Crippen LogP contribution in [0.2, 0.25) is 0 Å². The van der Waals surface area contributed by atoms with Gasteiger partial charge in [0.15, 0.2) is 0 Å². The Kier molecular flexibility index (Phi) is 3.20. The van der Waals surface area contributed by atoms with Crippen LogP contribution in [0.25, 0.3) is 0 Å². The molecule has 0 saturated carbocycles. The Hall–Kier alpha value is -2.44. The Labute approximate surface area is 108 Å². The smallest absolute Gasteiger partial charge is 0.288 e. The second kappa shape index (κ2) is 4.68. The highest BCUT2D eigenvalue weighted by Gasteiger charge is 2.16. The Balaban J connectivity index is 2.49. The summed E-state index contributed by atoms with van der Waals surface area (Å²) in [6.07, 6.45) is 1.25. The van der Waals surface area contributed by atoms with E-state index in [2.05, 4.69) is 5.16 Å². The summed E-state index contributed by atoms with van der Waals surface area (Å²) in [5.74, 6) is 0.604. The lowest BCUT2D eigenvalue weighted by molar-refractivity contribution is -0.385. The number of nitrogens with zero attached hydrogens (tertiary/aromatic N) is 3. The number of rotatable bonds is 3. The summed E-state index contributed by atoms with van der Waals surface area (Å²) in [7, 11) is 0. The average molecular weight is 263 g/mol. The first-order chi connectivity index (χ1) is 8.90. The second-order valence-corrected chi connectivity index (χ2v) is 4.37. The zero-order valence-corrected chi connectivity index (χ0v) is 10.8. The number of hydrogen-bond donors (Lipinski definition) is 0. The quantitative estimate of drug-likeness (QED) is 0.621. The lowest BCUT2D eigenvalue weighted by Gasteiger charge is -2.06. The van der Waals surface area contributed by atoms with Crippen LogP contribution in [-0.4, -0.2) is 14.6 Å². The fraction of sp³-hybridized carbons (Fsp3) is 0.333. The summed E-state index contributed by atoms with van der Waals surface area (Å²) in [6.45, 7) is 5.25. The molecule has 19 heavy (non-hydrogen) atoms. The van der Waals surface area contributed by atoms with E-state index in [1.165, 1.54) is 16.8 Å². The Bertz CT molecular complexity index is 680. The van der Waals surface area contributed by atoms with Gasteiger partial charge in [-0.05, 0) is 20.8 Å². The Morgan fingerprint density at radius 1 is 1.42 bits per heavy atom. The zero-order valence-electron chi connectivity index (χ0n) is 10.8. The highest BCUT2D eigenvalue weighted by molar-refractivity contribution is 5.36. The molecular formula is C12H13N3O4.